The molecule has 1 aromatic carbocycles. The number of benzene rings is 1. The quantitative estimate of drug-likeness (QED) is 0.804. The zero-order chi connectivity index (χ0) is 14.0. The van der Waals surface area contributed by atoms with E-state index in [9.17, 15) is 18.0 Å². The molecule has 0 aliphatic carbocycles. The molecule has 0 N–H and O–H groups in total. The van der Waals surface area contributed by atoms with E-state index in [2.05, 4.69) is 10.1 Å². The van der Waals surface area contributed by atoms with Gasteiger partial charge in [-0.3, -0.25) is 4.79 Å². The normalized spacial score (nSPS) is 11.6. The van der Waals surface area contributed by atoms with Crippen LogP contribution in [0.4, 0.5) is 13.2 Å². The molecule has 0 aliphatic heterocycles. The molecule has 0 spiro atoms. The minimum absolute atomic E-state index is 0.272. The first-order valence-corrected chi connectivity index (χ1v) is 5.43. The first-order chi connectivity index (χ1) is 8.86. The second-order valence-corrected chi connectivity index (χ2v) is 4.05. The van der Waals surface area contributed by atoms with E-state index < -0.39 is 12.0 Å². The lowest BCUT2D eigenvalue weighted by atomic mass is 10.1. The lowest BCUT2D eigenvalue weighted by Crippen LogP contribution is -2.13. The molecule has 0 aliphatic rings. The third kappa shape index (κ3) is 3.18. The Morgan fingerprint density at radius 3 is 2.42 bits per heavy atom. The highest BCUT2D eigenvalue weighted by atomic mass is 19.4. The lowest BCUT2D eigenvalue weighted by molar-refractivity contribution is -0.145. The van der Waals surface area contributed by atoms with Crippen molar-refractivity contribution in [3.63, 3.8) is 0 Å². The van der Waals surface area contributed by atoms with Crippen molar-refractivity contribution in [3.8, 4) is 0 Å². The number of rotatable bonds is 3. The number of carbonyl (C=O) groups excluding carboxylic acids is 1. The van der Waals surface area contributed by atoms with E-state index in [0.29, 0.717) is 5.56 Å². The Morgan fingerprint density at radius 1 is 1.26 bits per heavy atom. The summed E-state index contributed by atoms with van der Waals surface area (Å²) in [6.07, 6.45) is -3.70. The average Bonchev–Trinajstić information content (AvgIpc) is 2.78. The maximum Gasteiger partial charge on any atom is 0.453 e. The third-order valence-electron chi connectivity index (χ3n) is 2.47. The number of aryl methyl sites for hydroxylation is 1. The number of carbonyl (C=O) groups is 1. The zero-order valence-electron chi connectivity index (χ0n) is 9.98. The van der Waals surface area contributed by atoms with Crippen LogP contribution in [0.1, 0.15) is 21.7 Å². The van der Waals surface area contributed by atoms with Crippen LogP contribution in [-0.2, 0) is 12.7 Å². The summed E-state index contributed by atoms with van der Waals surface area (Å²) in [5, 5.41) is 3.22. The van der Waals surface area contributed by atoms with Crippen LogP contribution < -0.4 is 0 Å². The van der Waals surface area contributed by atoms with Crippen LogP contribution in [0.15, 0.2) is 30.6 Å². The number of nitrogens with zero attached hydrogens (tertiary/aromatic N) is 3. The summed E-state index contributed by atoms with van der Waals surface area (Å²) in [5.41, 5.74) is 1.42. The van der Waals surface area contributed by atoms with Crippen molar-refractivity contribution in [1.82, 2.24) is 14.8 Å². The molecule has 0 fully saturated rings. The predicted molar refractivity (Wildman–Crippen MR) is 60.5 cm³/mol. The number of aromatic nitrogens is 3. The molecule has 100 valence electrons. The van der Waals surface area contributed by atoms with Crippen molar-refractivity contribution < 1.29 is 18.0 Å². The Balaban J connectivity index is 2.11. The van der Waals surface area contributed by atoms with E-state index in [4.69, 9.17) is 0 Å². The summed E-state index contributed by atoms with van der Waals surface area (Å²) >= 11 is 0. The SMILES string of the molecule is Cc1ccc(C(=O)Cn2cnc(C(F)(F)F)n2)cc1. The van der Waals surface area contributed by atoms with E-state index in [0.717, 1.165) is 16.6 Å². The number of hydrogen-bond acceptors (Lipinski definition) is 3. The number of Topliss-reactive ketones (excluding diaryl/α,β-unsaturated/α-hetero) is 1. The van der Waals surface area contributed by atoms with Crippen LogP contribution >= 0.6 is 0 Å². The van der Waals surface area contributed by atoms with Gasteiger partial charge in [0.25, 0.3) is 5.82 Å². The van der Waals surface area contributed by atoms with Crippen molar-refractivity contribution in [2.24, 2.45) is 0 Å². The number of hydrogen-bond donors (Lipinski definition) is 0. The third-order valence-corrected chi connectivity index (χ3v) is 2.47. The standard InChI is InChI=1S/C12H10F3N3O/c1-8-2-4-9(5-3-8)10(19)6-18-7-16-11(17-18)12(13,14)15/h2-5,7H,6H2,1H3. The summed E-state index contributed by atoms with van der Waals surface area (Å²) < 4.78 is 37.7. The molecule has 1 aromatic heterocycles. The van der Waals surface area contributed by atoms with Crippen LogP contribution in [0.3, 0.4) is 0 Å². The van der Waals surface area contributed by atoms with Crippen molar-refractivity contribution in [3.05, 3.63) is 47.5 Å². The topological polar surface area (TPSA) is 47.8 Å². The van der Waals surface area contributed by atoms with Gasteiger partial charge in [-0.15, -0.1) is 5.10 Å². The summed E-state index contributed by atoms with van der Waals surface area (Å²) in [4.78, 5) is 14.9. The average molecular weight is 269 g/mol. The van der Waals surface area contributed by atoms with Crippen LogP contribution in [0, 0.1) is 6.92 Å². The Hall–Kier alpha value is -2.18. The molecule has 19 heavy (non-hydrogen) atoms. The molecule has 0 radical (unpaired) electrons. The Labute approximate surface area is 106 Å². The van der Waals surface area contributed by atoms with Gasteiger partial charge < -0.3 is 0 Å². The van der Waals surface area contributed by atoms with Gasteiger partial charge in [-0.2, -0.15) is 13.2 Å². The predicted octanol–water partition coefficient (Wildman–Crippen LogP) is 2.49. The monoisotopic (exact) mass is 269 g/mol. The molecule has 0 bridgehead atoms. The Bertz CT molecular complexity index is 587. The van der Waals surface area contributed by atoms with Gasteiger partial charge in [0, 0.05) is 5.56 Å². The van der Waals surface area contributed by atoms with E-state index in [1.54, 1.807) is 24.3 Å². The zero-order valence-corrected chi connectivity index (χ0v) is 9.98. The molecule has 0 amide bonds. The van der Waals surface area contributed by atoms with Crippen LogP contribution in [0.5, 0.6) is 0 Å². The Kier molecular flexibility index (Phi) is 3.37. The molecule has 1 heterocycles. The fraction of sp³-hybridized carbons (Fsp3) is 0.250. The largest absolute Gasteiger partial charge is 0.453 e. The van der Waals surface area contributed by atoms with Crippen LogP contribution in [0.2, 0.25) is 0 Å². The highest BCUT2D eigenvalue weighted by molar-refractivity contribution is 5.95. The first-order valence-electron chi connectivity index (χ1n) is 5.43. The van der Waals surface area contributed by atoms with E-state index in [1.165, 1.54) is 0 Å². The molecule has 0 atom stereocenters. The van der Waals surface area contributed by atoms with Crippen molar-refractivity contribution >= 4 is 5.78 Å². The maximum atomic E-state index is 12.3. The first kappa shape index (κ1) is 13.3. The highest BCUT2D eigenvalue weighted by Gasteiger charge is 2.35. The Morgan fingerprint density at radius 2 is 1.89 bits per heavy atom. The van der Waals surface area contributed by atoms with E-state index >= 15 is 0 Å². The summed E-state index contributed by atoms with van der Waals surface area (Å²) in [6, 6.07) is 6.77. The molecule has 0 saturated heterocycles. The van der Waals surface area contributed by atoms with Gasteiger partial charge in [0.05, 0.1) is 0 Å². The maximum absolute atomic E-state index is 12.3. The van der Waals surface area contributed by atoms with Gasteiger partial charge in [-0.05, 0) is 6.92 Å². The molecule has 0 saturated carbocycles. The molecule has 2 rings (SSSR count). The number of halogens is 3. The van der Waals surface area contributed by atoms with E-state index in [1.807, 2.05) is 6.92 Å². The summed E-state index contributed by atoms with van der Waals surface area (Å²) in [5.74, 6) is -1.57. The van der Waals surface area contributed by atoms with Gasteiger partial charge in [-0.1, -0.05) is 29.8 Å². The minimum Gasteiger partial charge on any atom is -0.292 e. The number of ketones is 1. The van der Waals surface area contributed by atoms with Crippen molar-refractivity contribution in [2.45, 2.75) is 19.6 Å². The van der Waals surface area contributed by atoms with Crippen LogP contribution in [0.25, 0.3) is 0 Å². The fourth-order valence-corrected chi connectivity index (χ4v) is 1.48. The summed E-state index contributed by atoms with van der Waals surface area (Å²) in [7, 11) is 0. The molecule has 2 aromatic rings. The smallest absolute Gasteiger partial charge is 0.292 e. The fourth-order valence-electron chi connectivity index (χ4n) is 1.48. The number of alkyl halides is 3. The molecule has 0 unspecified atom stereocenters. The van der Waals surface area contributed by atoms with Crippen LogP contribution in [-0.4, -0.2) is 20.5 Å². The van der Waals surface area contributed by atoms with Crippen molar-refractivity contribution in [1.29, 1.82) is 0 Å². The lowest BCUT2D eigenvalue weighted by Gasteiger charge is -2.02. The second kappa shape index (κ2) is 4.83. The van der Waals surface area contributed by atoms with Gasteiger partial charge >= 0.3 is 6.18 Å². The molecule has 7 heteroatoms. The van der Waals surface area contributed by atoms with Gasteiger partial charge in [0.1, 0.15) is 12.9 Å². The van der Waals surface area contributed by atoms with Crippen molar-refractivity contribution in [2.75, 3.05) is 0 Å². The highest BCUT2D eigenvalue weighted by Crippen LogP contribution is 2.25. The van der Waals surface area contributed by atoms with Gasteiger partial charge in [0.15, 0.2) is 5.78 Å². The molecular formula is C12H10F3N3O. The van der Waals surface area contributed by atoms with E-state index in [-0.39, 0.29) is 12.3 Å². The summed E-state index contributed by atoms with van der Waals surface area (Å²) in [6.45, 7) is 1.60. The molecule has 4 nitrogen and oxygen atoms in total. The molecular weight excluding hydrogens is 259 g/mol. The second-order valence-electron chi connectivity index (χ2n) is 4.05. The minimum atomic E-state index is -4.60. The van der Waals surface area contributed by atoms with Gasteiger partial charge in [0.2, 0.25) is 0 Å². The van der Waals surface area contributed by atoms with Gasteiger partial charge in [-0.25, -0.2) is 9.67 Å².